The number of carboxylic acid groups (broad SMARTS) is 1. The highest BCUT2D eigenvalue weighted by atomic mass is 16.4. The molecule has 0 rings (SSSR count). The highest BCUT2D eigenvalue weighted by Crippen LogP contribution is 1.92. The van der Waals surface area contributed by atoms with Gasteiger partial charge in [0, 0.05) is 13.1 Å². The van der Waals surface area contributed by atoms with E-state index in [1.807, 2.05) is 0 Å². The van der Waals surface area contributed by atoms with Gasteiger partial charge in [0.15, 0.2) is 6.04 Å². The molecule has 0 aromatic rings. The number of amides is 1. The molecule has 0 aliphatic heterocycles. The number of nitrogens with zero attached hydrogens (tertiary/aromatic N) is 1. The van der Waals surface area contributed by atoms with Crippen LogP contribution < -0.4 is 5.73 Å². The Labute approximate surface area is 71.1 Å². The van der Waals surface area contributed by atoms with Gasteiger partial charge in [-0.1, -0.05) is 0 Å². The van der Waals surface area contributed by atoms with Crippen LogP contribution in [0.5, 0.6) is 0 Å². The molecule has 1 atom stereocenters. The summed E-state index contributed by atoms with van der Waals surface area (Å²) in [5.74, 6) is -1.82. The molecule has 0 saturated heterocycles. The summed E-state index contributed by atoms with van der Waals surface area (Å²) in [7, 11) is 0. The second-order valence-electron chi connectivity index (χ2n) is 2.33. The third kappa shape index (κ3) is 2.50. The van der Waals surface area contributed by atoms with Crippen molar-refractivity contribution < 1.29 is 14.7 Å². The van der Waals surface area contributed by atoms with Gasteiger partial charge in [-0.05, 0) is 13.8 Å². The van der Waals surface area contributed by atoms with E-state index in [1.165, 1.54) is 4.90 Å². The van der Waals surface area contributed by atoms with Gasteiger partial charge in [-0.25, -0.2) is 4.79 Å². The Hall–Kier alpha value is -1.10. The normalized spacial score (nSPS) is 12.2. The van der Waals surface area contributed by atoms with Crippen LogP contribution in [-0.4, -0.2) is 41.0 Å². The summed E-state index contributed by atoms with van der Waals surface area (Å²) in [5, 5.41) is 8.42. The Morgan fingerprint density at radius 3 is 2.08 bits per heavy atom. The van der Waals surface area contributed by atoms with Gasteiger partial charge in [0.25, 0.3) is 5.91 Å². The quantitative estimate of drug-likeness (QED) is 0.550. The molecule has 1 unspecified atom stereocenters. The molecule has 0 spiro atoms. The van der Waals surface area contributed by atoms with Gasteiger partial charge in [0.2, 0.25) is 0 Å². The van der Waals surface area contributed by atoms with Crippen molar-refractivity contribution in [2.24, 2.45) is 5.73 Å². The third-order valence-corrected chi connectivity index (χ3v) is 1.61. The van der Waals surface area contributed by atoms with Crippen LogP contribution in [0.25, 0.3) is 0 Å². The number of rotatable bonds is 4. The molecule has 0 aromatic carbocycles. The average molecular weight is 174 g/mol. The van der Waals surface area contributed by atoms with E-state index in [0.29, 0.717) is 13.1 Å². The topological polar surface area (TPSA) is 83.6 Å². The minimum Gasteiger partial charge on any atom is -0.480 e. The molecule has 5 nitrogen and oxygen atoms in total. The highest BCUT2D eigenvalue weighted by molar-refractivity contribution is 6.00. The largest absolute Gasteiger partial charge is 0.480 e. The van der Waals surface area contributed by atoms with Crippen LogP contribution in [0.15, 0.2) is 0 Å². The van der Waals surface area contributed by atoms with E-state index in [0.717, 1.165) is 0 Å². The van der Waals surface area contributed by atoms with Crippen molar-refractivity contribution in [3.05, 3.63) is 0 Å². The molecule has 0 bridgehead atoms. The summed E-state index contributed by atoms with van der Waals surface area (Å²) in [6.07, 6.45) is 0. The molecule has 0 heterocycles. The number of nitrogens with two attached hydrogens (primary N) is 1. The van der Waals surface area contributed by atoms with Gasteiger partial charge in [-0.15, -0.1) is 0 Å². The number of carboxylic acids is 1. The Morgan fingerprint density at radius 1 is 1.42 bits per heavy atom. The summed E-state index contributed by atoms with van der Waals surface area (Å²) in [6, 6.07) is -1.43. The van der Waals surface area contributed by atoms with Crippen molar-refractivity contribution in [2.75, 3.05) is 13.1 Å². The molecule has 0 saturated carbocycles. The van der Waals surface area contributed by atoms with Crippen molar-refractivity contribution in [1.82, 2.24) is 4.90 Å². The predicted molar refractivity (Wildman–Crippen MR) is 43.5 cm³/mol. The third-order valence-electron chi connectivity index (χ3n) is 1.61. The molecule has 5 heteroatoms. The maximum absolute atomic E-state index is 11.2. The van der Waals surface area contributed by atoms with Crippen LogP contribution in [0, 0.1) is 0 Å². The van der Waals surface area contributed by atoms with E-state index in [9.17, 15) is 9.59 Å². The standard InChI is InChI=1S/C7H14N2O3/c1-3-9(4-2)6(10)5(8)7(11)12/h5H,3-4,8H2,1-2H3,(H,11,12). The van der Waals surface area contributed by atoms with Crippen LogP contribution >= 0.6 is 0 Å². The molecular weight excluding hydrogens is 160 g/mol. The van der Waals surface area contributed by atoms with Crippen LogP contribution in [0.3, 0.4) is 0 Å². The monoisotopic (exact) mass is 174 g/mol. The zero-order chi connectivity index (χ0) is 9.72. The lowest BCUT2D eigenvalue weighted by Crippen LogP contribution is -2.48. The van der Waals surface area contributed by atoms with Crippen molar-refractivity contribution in [3.63, 3.8) is 0 Å². The van der Waals surface area contributed by atoms with Gasteiger partial charge in [0.1, 0.15) is 0 Å². The number of aliphatic carboxylic acids is 1. The van der Waals surface area contributed by atoms with Crippen molar-refractivity contribution in [3.8, 4) is 0 Å². The van der Waals surface area contributed by atoms with Gasteiger partial charge in [-0.3, -0.25) is 4.79 Å². The number of carbonyl (C=O) groups is 2. The van der Waals surface area contributed by atoms with Gasteiger partial charge in [0.05, 0.1) is 0 Å². The van der Waals surface area contributed by atoms with E-state index in [-0.39, 0.29) is 0 Å². The average Bonchev–Trinajstić information content (AvgIpc) is 2.05. The minimum absolute atomic E-state index is 0.482. The van der Waals surface area contributed by atoms with Crippen molar-refractivity contribution in [1.29, 1.82) is 0 Å². The number of likely N-dealkylation sites (N-methyl/N-ethyl adjacent to an activating group) is 1. The van der Waals surface area contributed by atoms with Crippen LogP contribution in [0.4, 0.5) is 0 Å². The second-order valence-corrected chi connectivity index (χ2v) is 2.33. The molecule has 3 N–H and O–H groups in total. The van der Waals surface area contributed by atoms with E-state index in [4.69, 9.17) is 10.8 Å². The molecule has 12 heavy (non-hydrogen) atoms. The Balaban J connectivity index is 4.25. The van der Waals surface area contributed by atoms with Gasteiger partial charge >= 0.3 is 5.97 Å². The SMILES string of the molecule is CCN(CC)C(=O)C(N)C(=O)O. The Kier molecular flexibility index (Phi) is 4.28. The molecule has 0 fully saturated rings. The first-order valence-corrected chi connectivity index (χ1v) is 3.81. The lowest BCUT2D eigenvalue weighted by molar-refractivity contribution is -0.146. The van der Waals surface area contributed by atoms with Crippen LogP contribution in [0.2, 0.25) is 0 Å². The highest BCUT2D eigenvalue weighted by Gasteiger charge is 2.24. The Morgan fingerprint density at radius 2 is 1.83 bits per heavy atom. The number of carbonyl (C=O) groups excluding carboxylic acids is 1. The fourth-order valence-electron chi connectivity index (χ4n) is 0.838. The smallest absolute Gasteiger partial charge is 0.330 e. The molecule has 0 radical (unpaired) electrons. The number of hydrogen-bond donors (Lipinski definition) is 2. The molecule has 0 aliphatic carbocycles. The number of hydrogen-bond acceptors (Lipinski definition) is 3. The fraction of sp³-hybridized carbons (Fsp3) is 0.714. The van der Waals surface area contributed by atoms with E-state index in [1.54, 1.807) is 13.8 Å². The first-order valence-electron chi connectivity index (χ1n) is 3.81. The van der Waals surface area contributed by atoms with Gasteiger partial charge < -0.3 is 15.7 Å². The lowest BCUT2D eigenvalue weighted by Gasteiger charge is -2.20. The molecule has 1 amide bonds. The Bertz CT molecular complexity index is 177. The lowest BCUT2D eigenvalue weighted by atomic mass is 10.2. The summed E-state index contributed by atoms with van der Waals surface area (Å²) in [6.45, 7) is 4.51. The maximum atomic E-state index is 11.2. The molecule has 0 aromatic heterocycles. The van der Waals surface area contributed by atoms with E-state index < -0.39 is 17.9 Å². The van der Waals surface area contributed by atoms with Crippen molar-refractivity contribution in [2.45, 2.75) is 19.9 Å². The maximum Gasteiger partial charge on any atom is 0.330 e. The second kappa shape index (κ2) is 4.71. The summed E-state index contributed by atoms with van der Waals surface area (Å²) in [4.78, 5) is 22.9. The van der Waals surface area contributed by atoms with Gasteiger partial charge in [-0.2, -0.15) is 0 Å². The zero-order valence-electron chi connectivity index (χ0n) is 7.28. The van der Waals surface area contributed by atoms with E-state index >= 15 is 0 Å². The first kappa shape index (κ1) is 10.9. The molecular formula is C7H14N2O3. The summed E-state index contributed by atoms with van der Waals surface area (Å²) >= 11 is 0. The summed E-state index contributed by atoms with van der Waals surface area (Å²) in [5.41, 5.74) is 5.12. The fourth-order valence-corrected chi connectivity index (χ4v) is 0.838. The summed E-state index contributed by atoms with van der Waals surface area (Å²) < 4.78 is 0. The van der Waals surface area contributed by atoms with Crippen molar-refractivity contribution >= 4 is 11.9 Å². The zero-order valence-corrected chi connectivity index (χ0v) is 7.28. The predicted octanol–water partition coefficient (Wildman–Crippen LogP) is -0.733. The van der Waals surface area contributed by atoms with Crippen LogP contribution in [0.1, 0.15) is 13.8 Å². The van der Waals surface area contributed by atoms with Crippen LogP contribution in [-0.2, 0) is 9.59 Å². The minimum atomic E-state index is -1.43. The molecule has 0 aliphatic rings. The van der Waals surface area contributed by atoms with E-state index in [2.05, 4.69) is 0 Å². The molecule has 70 valence electrons. The first-order chi connectivity index (χ1) is 5.54.